The number of rotatable bonds is 8. The molecule has 0 bridgehead atoms. The SMILES string of the molecule is Cc1ccc(C)c(NC(=O)CCN2C(=S)N[C@@H](c3ccccn3)[C@H]2c2cc(C)n(-c3ccccc3C(=O)O)c2C)c1. The van der Waals surface area contributed by atoms with Crippen molar-refractivity contribution in [2.75, 3.05) is 11.9 Å². The van der Waals surface area contributed by atoms with Crippen molar-refractivity contribution in [2.45, 2.75) is 46.2 Å². The molecule has 0 saturated carbocycles. The molecule has 41 heavy (non-hydrogen) atoms. The highest BCUT2D eigenvalue weighted by Crippen LogP contribution is 2.41. The number of thiocarbonyl (C=S) groups is 1. The molecule has 0 unspecified atom stereocenters. The molecule has 0 aliphatic carbocycles. The van der Waals surface area contributed by atoms with Crippen LogP contribution in [-0.4, -0.2) is 43.1 Å². The Kier molecular flexibility index (Phi) is 7.90. The summed E-state index contributed by atoms with van der Waals surface area (Å²) in [5.74, 6) is -1.08. The number of amides is 1. The molecule has 0 radical (unpaired) electrons. The number of hydrogen-bond acceptors (Lipinski definition) is 4. The van der Waals surface area contributed by atoms with Crippen molar-refractivity contribution in [2.24, 2.45) is 0 Å². The van der Waals surface area contributed by atoms with E-state index in [0.29, 0.717) is 17.3 Å². The van der Waals surface area contributed by atoms with Crippen LogP contribution in [0.3, 0.4) is 0 Å². The molecule has 4 aromatic rings. The lowest BCUT2D eigenvalue weighted by molar-refractivity contribution is -0.116. The van der Waals surface area contributed by atoms with Gasteiger partial charge in [-0.1, -0.05) is 30.3 Å². The minimum absolute atomic E-state index is 0.0950. The second-order valence-corrected chi connectivity index (χ2v) is 10.8. The average molecular weight is 568 g/mol. The van der Waals surface area contributed by atoms with Crippen molar-refractivity contribution >= 4 is 34.9 Å². The van der Waals surface area contributed by atoms with Gasteiger partial charge in [0.1, 0.15) is 0 Å². The third-order valence-corrected chi connectivity index (χ3v) is 7.96. The fraction of sp³-hybridized carbons (Fsp3) is 0.250. The lowest BCUT2D eigenvalue weighted by atomic mass is 9.96. The summed E-state index contributed by atoms with van der Waals surface area (Å²) in [5.41, 5.74) is 7.33. The number of para-hydroxylation sites is 1. The van der Waals surface area contributed by atoms with Crippen LogP contribution in [0, 0.1) is 27.7 Å². The van der Waals surface area contributed by atoms with E-state index in [0.717, 1.165) is 39.5 Å². The number of aromatic nitrogens is 2. The van der Waals surface area contributed by atoms with Gasteiger partial charge in [0.25, 0.3) is 0 Å². The standard InChI is InChI=1S/C32H33N5O3S/c1-19-12-13-20(2)26(17-19)34-28(38)14-16-36-30(29(35-32(36)41)25-10-7-8-15-33-25)24-18-21(3)37(22(24)4)27-11-6-5-9-23(27)31(39)40/h5-13,15,17-18,29-30H,14,16H2,1-4H3,(H,34,38)(H,35,41)(H,39,40)/t29-,30+/m0/s1. The van der Waals surface area contributed by atoms with E-state index in [2.05, 4.69) is 21.7 Å². The number of benzene rings is 2. The van der Waals surface area contributed by atoms with Gasteiger partial charge in [0.15, 0.2) is 5.11 Å². The number of nitrogens with zero attached hydrogens (tertiary/aromatic N) is 3. The number of carbonyl (C=O) groups excluding carboxylic acids is 1. The van der Waals surface area contributed by atoms with Crippen LogP contribution >= 0.6 is 12.2 Å². The van der Waals surface area contributed by atoms with Crippen LogP contribution in [0.4, 0.5) is 5.69 Å². The Bertz CT molecular complexity index is 1630. The van der Waals surface area contributed by atoms with Crippen molar-refractivity contribution < 1.29 is 14.7 Å². The van der Waals surface area contributed by atoms with Crippen LogP contribution < -0.4 is 10.6 Å². The first-order valence-corrected chi connectivity index (χ1v) is 13.9. The molecular weight excluding hydrogens is 534 g/mol. The maximum absolute atomic E-state index is 13.1. The monoisotopic (exact) mass is 567 g/mol. The number of pyridine rings is 1. The molecule has 3 heterocycles. The van der Waals surface area contributed by atoms with Crippen molar-refractivity contribution in [1.82, 2.24) is 19.8 Å². The topological polar surface area (TPSA) is 99.5 Å². The molecule has 1 saturated heterocycles. The van der Waals surface area contributed by atoms with Gasteiger partial charge in [-0.3, -0.25) is 9.78 Å². The van der Waals surface area contributed by atoms with Crippen LogP contribution in [0.2, 0.25) is 0 Å². The van der Waals surface area contributed by atoms with E-state index >= 15 is 0 Å². The van der Waals surface area contributed by atoms with Crippen molar-refractivity contribution in [3.8, 4) is 5.69 Å². The molecular formula is C32H33N5O3S. The molecule has 3 N–H and O–H groups in total. The van der Waals surface area contributed by atoms with Crippen molar-refractivity contribution in [1.29, 1.82) is 0 Å². The van der Waals surface area contributed by atoms with E-state index in [-0.39, 0.29) is 30.0 Å². The van der Waals surface area contributed by atoms with Crippen molar-refractivity contribution in [3.63, 3.8) is 0 Å². The summed E-state index contributed by atoms with van der Waals surface area (Å²) in [5, 5.41) is 16.9. The van der Waals surface area contributed by atoms with Crippen LogP contribution in [0.5, 0.6) is 0 Å². The Labute approximate surface area is 245 Å². The molecule has 1 fully saturated rings. The maximum atomic E-state index is 13.1. The van der Waals surface area contributed by atoms with Crippen LogP contribution in [0.25, 0.3) is 5.69 Å². The van der Waals surface area contributed by atoms with Crippen LogP contribution in [0.15, 0.2) is 72.9 Å². The van der Waals surface area contributed by atoms with E-state index in [1.807, 2.05) is 85.7 Å². The fourth-order valence-electron chi connectivity index (χ4n) is 5.60. The summed E-state index contributed by atoms with van der Waals surface area (Å²) in [6, 6.07) is 20.3. The number of carboxylic acid groups (broad SMARTS) is 1. The highest BCUT2D eigenvalue weighted by atomic mass is 32.1. The molecule has 0 spiro atoms. The summed E-state index contributed by atoms with van der Waals surface area (Å²) in [6.45, 7) is 8.32. The van der Waals surface area contributed by atoms with Gasteiger partial charge >= 0.3 is 5.97 Å². The van der Waals surface area contributed by atoms with Gasteiger partial charge in [-0.2, -0.15) is 0 Å². The Morgan fingerprint density at radius 3 is 2.51 bits per heavy atom. The first-order chi connectivity index (χ1) is 19.7. The smallest absolute Gasteiger partial charge is 0.337 e. The normalized spacial score (nSPS) is 16.5. The number of anilines is 1. The summed E-state index contributed by atoms with van der Waals surface area (Å²) < 4.78 is 1.97. The zero-order valence-electron chi connectivity index (χ0n) is 23.5. The van der Waals surface area contributed by atoms with Gasteiger partial charge in [0.05, 0.1) is 29.0 Å². The van der Waals surface area contributed by atoms with E-state index in [9.17, 15) is 14.7 Å². The number of aryl methyl sites for hydroxylation is 3. The van der Waals surface area contributed by atoms with E-state index < -0.39 is 5.97 Å². The molecule has 1 aliphatic heterocycles. The van der Waals surface area contributed by atoms with Crippen molar-refractivity contribution in [3.05, 3.63) is 112 Å². The molecule has 8 nitrogen and oxygen atoms in total. The second kappa shape index (κ2) is 11.5. The molecule has 9 heteroatoms. The lowest BCUT2D eigenvalue weighted by Gasteiger charge is -2.28. The lowest BCUT2D eigenvalue weighted by Crippen LogP contribution is -2.33. The van der Waals surface area contributed by atoms with Gasteiger partial charge in [-0.25, -0.2) is 4.79 Å². The van der Waals surface area contributed by atoms with E-state index in [4.69, 9.17) is 12.2 Å². The third kappa shape index (κ3) is 5.58. The molecule has 2 aromatic heterocycles. The maximum Gasteiger partial charge on any atom is 0.337 e. The summed E-state index contributed by atoms with van der Waals surface area (Å²) in [6.07, 6.45) is 1.99. The number of aromatic carboxylic acids is 1. The summed E-state index contributed by atoms with van der Waals surface area (Å²) >= 11 is 5.82. The second-order valence-electron chi connectivity index (χ2n) is 10.4. The Hall–Kier alpha value is -4.50. The van der Waals surface area contributed by atoms with Crippen LogP contribution in [-0.2, 0) is 4.79 Å². The molecule has 210 valence electrons. The number of carbonyl (C=O) groups is 2. The first kappa shape index (κ1) is 28.0. The van der Waals surface area contributed by atoms with Gasteiger partial charge in [-0.15, -0.1) is 0 Å². The predicted molar refractivity (Wildman–Crippen MR) is 164 cm³/mol. The van der Waals surface area contributed by atoms with E-state index in [1.54, 1.807) is 18.3 Å². The summed E-state index contributed by atoms with van der Waals surface area (Å²) in [7, 11) is 0. The van der Waals surface area contributed by atoms with E-state index in [1.165, 1.54) is 0 Å². The number of nitrogens with one attached hydrogen (secondary N) is 2. The molecule has 2 aromatic carbocycles. The molecule has 5 rings (SSSR count). The number of carboxylic acids is 1. The molecule has 1 aliphatic rings. The third-order valence-electron chi connectivity index (χ3n) is 7.61. The minimum atomic E-state index is -0.985. The van der Waals surface area contributed by atoms with Gasteiger partial charge < -0.3 is 25.2 Å². The zero-order valence-corrected chi connectivity index (χ0v) is 24.3. The first-order valence-electron chi connectivity index (χ1n) is 13.5. The molecule has 2 atom stereocenters. The van der Waals surface area contributed by atoms with Gasteiger partial charge in [0.2, 0.25) is 5.91 Å². The Morgan fingerprint density at radius 2 is 1.78 bits per heavy atom. The predicted octanol–water partition coefficient (Wildman–Crippen LogP) is 5.81. The van der Waals surface area contributed by atoms with Gasteiger partial charge in [0, 0.05) is 36.2 Å². The minimum Gasteiger partial charge on any atom is -0.478 e. The largest absolute Gasteiger partial charge is 0.478 e. The Balaban J connectivity index is 1.50. The molecule has 1 amide bonds. The van der Waals surface area contributed by atoms with Crippen LogP contribution in [0.1, 0.15) is 62.6 Å². The zero-order chi connectivity index (χ0) is 29.3. The van der Waals surface area contributed by atoms with Gasteiger partial charge in [-0.05, 0) is 93.0 Å². The average Bonchev–Trinajstić information content (AvgIpc) is 3.44. The highest BCUT2D eigenvalue weighted by molar-refractivity contribution is 7.80. The highest BCUT2D eigenvalue weighted by Gasteiger charge is 2.41. The quantitative estimate of drug-likeness (QED) is 0.231. The fourth-order valence-corrected chi connectivity index (χ4v) is 5.93. The number of hydrogen-bond donors (Lipinski definition) is 3. The summed E-state index contributed by atoms with van der Waals surface area (Å²) in [4.78, 5) is 31.8. The Morgan fingerprint density at radius 1 is 1.02 bits per heavy atom.